The Morgan fingerprint density at radius 1 is 0.828 bits per heavy atom. The number of benzene rings is 2. The normalized spacial score (nSPS) is 29.3. The van der Waals surface area contributed by atoms with Crippen LogP contribution in [0.5, 0.6) is 0 Å². The third-order valence-corrected chi connectivity index (χ3v) is 16.6. The van der Waals surface area contributed by atoms with Crippen LogP contribution in [0.25, 0.3) is 6.08 Å². The molecule has 1 heterocycles. The first-order chi connectivity index (χ1) is 13.2. The molecule has 0 N–H and O–H groups in total. The molecule has 2 aromatic rings. The standard InChI is InChI=1S/C24H16BrP.2ClH.Zr/c25-24(17-7-10-19-9-6-14-22(19)24)26(20-11-2-1-3-12-20)23-16-15-18-8-4-5-13-21(18)23;;;/h1-8,10-17H;2*1H;/q;;;+2/p-2. The fraction of sp³-hybridized carbons (Fsp3) is 0.0833. The summed E-state index contributed by atoms with van der Waals surface area (Å²) >= 11 is 3.38. The predicted octanol–water partition coefficient (Wildman–Crippen LogP) is 0.189. The maximum absolute atomic E-state index is 4.32. The second-order valence-corrected chi connectivity index (χ2v) is 16.6. The van der Waals surface area contributed by atoms with Crippen LogP contribution in [0.4, 0.5) is 0 Å². The number of hydrogen-bond donors (Lipinski definition) is 0. The first-order valence-corrected chi connectivity index (χ1v) is 13.8. The van der Waals surface area contributed by atoms with Gasteiger partial charge in [0, 0.05) is 0 Å². The molecule has 2 aromatic carbocycles. The molecule has 6 rings (SSSR count). The molecule has 1 fully saturated rings. The maximum atomic E-state index is 4.32. The molecule has 0 nitrogen and oxygen atoms in total. The van der Waals surface area contributed by atoms with Gasteiger partial charge in [0.15, 0.2) is 0 Å². The Bertz CT molecular complexity index is 1130. The van der Waals surface area contributed by atoms with E-state index in [0.717, 1.165) is 0 Å². The minimum atomic E-state index is -0.941. The van der Waals surface area contributed by atoms with Gasteiger partial charge >= 0.3 is 182 Å². The van der Waals surface area contributed by atoms with Gasteiger partial charge in [0.05, 0.1) is 0 Å². The van der Waals surface area contributed by atoms with E-state index >= 15 is 0 Å². The molecule has 5 heteroatoms. The van der Waals surface area contributed by atoms with Gasteiger partial charge in [-0.05, 0) is 0 Å². The largest absolute Gasteiger partial charge is 1.00 e. The Morgan fingerprint density at radius 2 is 1.59 bits per heavy atom. The molecule has 0 saturated carbocycles. The maximum Gasteiger partial charge on any atom is -1.00 e. The van der Waals surface area contributed by atoms with Crippen molar-refractivity contribution in [3.8, 4) is 0 Å². The Morgan fingerprint density at radius 3 is 2.41 bits per heavy atom. The van der Waals surface area contributed by atoms with Gasteiger partial charge in [0.25, 0.3) is 0 Å². The van der Waals surface area contributed by atoms with E-state index in [2.05, 4.69) is 113 Å². The number of halogens is 3. The van der Waals surface area contributed by atoms with Gasteiger partial charge in [0.2, 0.25) is 0 Å². The third kappa shape index (κ3) is 2.98. The van der Waals surface area contributed by atoms with Crippen LogP contribution in [0.3, 0.4) is 0 Å². The van der Waals surface area contributed by atoms with E-state index in [1.165, 1.54) is 22.0 Å². The van der Waals surface area contributed by atoms with Gasteiger partial charge in [-0.25, -0.2) is 0 Å². The summed E-state index contributed by atoms with van der Waals surface area (Å²) in [7, 11) is -0.532. The van der Waals surface area contributed by atoms with Crippen molar-refractivity contribution in [1.82, 2.24) is 0 Å². The van der Waals surface area contributed by atoms with Crippen LogP contribution < -0.4 is 30.1 Å². The predicted molar refractivity (Wildman–Crippen MR) is 115 cm³/mol. The summed E-state index contributed by atoms with van der Waals surface area (Å²) in [5.74, 6) is 0. The molecule has 4 aliphatic rings. The first kappa shape index (κ1) is 21.7. The summed E-state index contributed by atoms with van der Waals surface area (Å²) in [6, 6.07) is 20.3. The summed E-state index contributed by atoms with van der Waals surface area (Å²) in [6.45, 7) is 0. The van der Waals surface area contributed by atoms with Crippen molar-refractivity contribution < 1.29 is 48.0 Å². The SMILES string of the molecule is BrC12C=CC=C3[C](=CC=C31)[Zr+2][C]1(C=Cc3ccccc31)P2c1ccccc1.[Cl-].[Cl-]. The Kier molecular flexibility index (Phi) is 5.91. The summed E-state index contributed by atoms with van der Waals surface area (Å²) < 4.78 is 1.71. The van der Waals surface area contributed by atoms with E-state index in [1.807, 2.05) is 0 Å². The Labute approximate surface area is 205 Å². The molecular formula is C24H16BrCl2PZr. The van der Waals surface area contributed by atoms with Crippen molar-refractivity contribution >= 4 is 35.2 Å². The van der Waals surface area contributed by atoms with Crippen LogP contribution in [-0.4, -0.2) is 4.07 Å². The van der Waals surface area contributed by atoms with Crippen LogP contribution in [-0.2, 0) is 26.1 Å². The molecule has 0 amide bonds. The van der Waals surface area contributed by atoms with Gasteiger partial charge in [-0.1, -0.05) is 0 Å². The summed E-state index contributed by atoms with van der Waals surface area (Å²) in [5, 5.41) is 1.49. The molecule has 0 aromatic heterocycles. The van der Waals surface area contributed by atoms with Crippen LogP contribution in [0, 0.1) is 0 Å². The number of fused-ring (bicyclic) bond motifs is 2. The molecule has 1 saturated heterocycles. The number of allylic oxidation sites excluding steroid dienone is 9. The Balaban J connectivity index is 0.00000102. The summed E-state index contributed by atoms with van der Waals surface area (Å²) in [5.41, 5.74) is 5.95. The second kappa shape index (κ2) is 7.89. The van der Waals surface area contributed by atoms with Crippen LogP contribution in [0.2, 0.25) is 0 Å². The van der Waals surface area contributed by atoms with Gasteiger partial charge < -0.3 is 24.8 Å². The first-order valence-electron chi connectivity index (χ1n) is 9.16. The molecule has 142 valence electrons. The van der Waals surface area contributed by atoms with Crippen molar-refractivity contribution in [2.45, 2.75) is 6.93 Å². The van der Waals surface area contributed by atoms with Gasteiger partial charge in [-0.3, -0.25) is 0 Å². The average molecular weight is 577 g/mol. The molecule has 1 aliphatic heterocycles. The minimum Gasteiger partial charge on any atom is -1.00 e. The fourth-order valence-electron chi connectivity index (χ4n) is 4.72. The van der Waals surface area contributed by atoms with E-state index in [4.69, 9.17) is 0 Å². The van der Waals surface area contributed by atoms with E-state index in [1.54, 1.807) is 8.84 Å². The molecule has 29 heavy (non-hydrogen) atoms. The molecular weight excluding hydrogens is 561 g/mol. The van der Waals surface area contributed by atoms with Gasteiger partial charge in [-0.15, -0.1) is 0 Å². The van der Waals surface area contributed by atoms with Crippen LogP contribution in [0.15, 0.2) is 105 Å². The van der Waals surface area contributed by atoms with Crippen molar-refractivity contribution in [1.29, 1.82) is 0 Å². The van der Waals surface area contributed by atoms with Crippen LogP contribution in [0.1, 0.15) is 11.1 Å². The zero-order chi connectivity index (χ0) is 18.1. The van der Waals surface area contributed by atoms with Crippen molar-refractivity contribution in [2.24, 2.45) is 0 Å². The van der Waals surface area contributed by atoms with Crippen molar-refractivity contribution in [3.63, 3.8) is 0 Å². The smallest absolute Gasteiger partial charge is 1.00 e. The Hall–Kier alpha value is -0.487. The number of hydrogen-bond acceptors (Lipinski definition) is 0. The number of rotatable bonds is 1. The quantitative estimate of drug-likeness (QED) is 0.336. The van der Waals surface area contributed by atoms with Crippen LogP contribution >= 0.6 is 23.9 Å². The topological polar surface area (TPSA) is 0 Å². The average Bonchev–Trinajstić information content (AvgIpc) is 3.25. The number of alkyl halides is 1. The van der Waals surface area contributed by atoms with E-state index in [9.17, 15) is 0 Å². The fourth-order valence-corrected chi connectivity index (χ4v) is 18.5. The molecule has 3 atom stereocenters. The zero-order valence-corrected chi connectivity index (χ0v) is 21.8. The monoisotopic (exact) mass is 574 g/mol. The molecule has 0 radical (unpaired) electrons. The second-order valence-electron chi connectivity index (χ2n) is 7.26. The van der Waals surface area contributed by atoms with Crippen molar-refractivity contribution in [2.75, 3.05) is 0 Å². The third-order valence-electron chi connectivity index (χ3n) is 5.85. The van der Waals surface area contributed by atoms with Gasteiger partial charge in [-0.2, -0.15) is 0 Å². The van der Waals surface area contributed by atoms with Crippen molar-refractivity contribution in [3.05, 3.63) is 117 Å². The zero-order valence-electron chi connectivity index (χ0n) is 15.3. The molecule has 4 bridgehead atoms. The molecule has 3 aliphatic carbocycles. The molecule has 1 spiro atoms. The molecule has 3 unspecified atom stereocenters. The van der Waals surface area contributed by atoms with E-state index in [0.29, 0.717) is 0 Å². The summed E-state index contributed by atoms with van der Waals surface area (Å²) in [6.07, 6.45) is 16.8. The summed E-state index contributed by atoms with van der Waals surface area (Å²) in [4.78, 5) is 0. The van der Waals surface area contributed by atoms with Gasteiger partial charge in [0.1, 0.15) is 0 Å². The van der Waals surface area contributed by atoms with E-state index in [-0.39, 0.29) is 31.7 Å². The van der Waals surface area contributed by atoms with E-state index < -0.39 is 31.2 Å². The minimum absolute atomic E-state index is 0.